The number of esters is 1. The normalized spacial score (nSPS) is 11.6. The van der Waals surface area contributed by atoms with Gasteiger partial charge in [0.1, 0.15) is 18.1 Å². The fraction of sp³-hybridized carbons (Fsp3) is 0.150. The molecule has 1 atom stereocenters. The Hall–Kier alpha value is -3.03. The van der Waals surface area contributed by atoms with E-state index in [1.165, 1.54) is 25.3 Å². The summed E-state index contributed by atoms with van der Waals surface area (Å²) in [6, 6.07) is 13.7. The molecule has 0 fully saturated rings. The lowest BCUT2D eigenvalue weighted by Crippen LogP contribution is -2.30. The molecule has 2 heterocycles. The maximum absolute atomic E-state index is 12.2. The maximum Gasteiger partial charge on any atom is 0.375 e. The lowest BCUT2D eigenvalue weighted by molar-refractivity contribution is -0.123. The number of hydrogen-bond acceptors (Lipinski definition) is 6. The van der Waals surface area contributed by atoms with E-state index in [4.69, 9.17) is 37.1 Å². The number of carbonyl (C=O) groups is 2. The van der Waals surface area contributed by atoms with Gasteiger partial charge in [-0.15, -0.1) is 0 Å². The topological polar surface area (TPSA) is 90.7 Å². The van der Waals surface area contributed by atoms with Crippen molar-refractivity contribution in [1.29, 1.82) is 0 Å². The highest BCUT2D eigenvalue weighted by Gasteiger charge is 2.22. The number of anilines is 1. The predicted molar refractivity (Wildman–Crippen MR) is 107 cm³/mol. The van der Waals surface area contributed by atoms with Crippen LogP contribution in [0.5, 0.6) is 5.75 Å². The molecule has 9 heteroatoms. The average Bonchev–Trinajstić information content (AvgIpc) is 3.18. The second-order valence-electron chi connectivity index (χ2n) is 5.89. The number of hydrogen-bond donors (Lipinski definition) is 1. The van der Waals surface area contributed by atoms with E-state index in [1.807, 2.05) is 18.2 Å². The van der Waals surface area contributed by atoms with Gasteiger partial charge in [-0.2, -0.15) is 0 Å². The number of nitrogens with one attached hydrogen (secondary N) is 1. The average molecular weight is 435 g/mol. The Labute approximate surface area is 176 Å². The number of nitrogens with zero attached hydrogens (tertiary/aromatic N) is 1. The van der Waals surface area contributed by atoms with Crippen LogP contribution in [0.15, 0.2) is 59.1 Å². The molecule has 1 amide bonds. The highest BCUT2D eigenvalue weighted by Crippen LogP contribution is 2.23. The van der Waals surface area contributed by atoms with Crippen molar-refractivity contribution < 1.29 is 23.5 Å². The highest BCUT2D eigenvalue weighted by atomic mass is 35.5. The van der Waals surface area contributed by atoms with Gasteiger partial charge < -0.3 is 19.2 Å². The zero-order valence-electron chi connectivity index (χ0n) is 15.2. The SMILES string of the molecule is C[C@@H](OC(=O)c1ccc(COc2ccccc2)o1)C(=O)Nc1ncc(Cl)cc1Cl. The Morgan fingerprint density at radius 1 is 1.17 bits per heavy atom. The third-order valence-corrected chi connectivity index (χ3v) is 4.18. The third kappa shape index (κ3) is 5.73. The fourth-order valence-corrected chi connectivity index (χ4v) is 2.66. The first-order valence-electron chi connectivity index (χ1n) is 8.52. The molecule has 0 aliphatic carbocycles. The van der Waals surface area contributed by atoms with Gasteiger partial charge in [-0.3, -0.25) is 4.79 Å². The number of amides is 1. The number of pyridine rings is 1. The number of rotatable bonds is 7. The summed E-state index contributed by atoms with van der Waals surface area (Å²) in [4.78, 5) is 28.3. The minimum atomic E-state index is -1.11. The van der Waals surface area contributed by atoms with Crippen LogP contribution in [0.3, 0.4) is 0 Å². The molecule has 150 valence electrons. The van der Waals surface area contributed by atoms with Gasteiger partial charge in [0.25, 0.3) is 5.91 Å². The minimum Gasteiger partial charge on any atom is -0.486 e. The number of carbonyl (C=O) groups excluding carboxylic acids is 2. The van der Waals surface area contributed by atoms with Gasteiger partial charge >= 0.3 is 5.97 Å². The number of aromatic nitrogens is 1. The summed E-state index contributed by atoms with van der Waals surface area (Å²) >= 11 is 11.7. The van der Waals surface area contributed by atoms with Gasteiger partial charge in [-0.1, -0.05) is 41.4 Å². The van der Waals surface area contributed by atoms with E-state index in [1.54, 1.807) is 18.2 Å². The van der Waals surface area contributed by atoms with Crippen molar-refractivity contribution in [2.45, 2.75) is 19.6 Å². The summed E-state index contributed by atoms with van der Waals surface area (Å²) in [5.74, 6) is -0.202. The molecule has 0 aliphatic rings. The molecular weight excluding hydrogens is 419 g/mol. The molecule has 2 aromatic heterocycles. The summed E-state index contributed by atoms with van der Waals surface area (Å²) < 4.78 is 16.1. The number of furan rings is 1. The van der Waals surface area contributed by atoms with Gasteiger partial charge in [-0.25, -0.2) is 9.78 Å². The molecule has 29 heavy (non-hydrogen) atoms. The van der Waals surface area contributed by atoms with Crippen LogP contribution in [0, 0.1) is 0 Å². The quantitative estimate of drug-likeness (QED) is 0.539. The first kappa shape index (κ1) is 20.7. The summed E-state index contributed by atoms with van der Waals surface area (Å²) in [5.41, 5.74) is 0. The van der Waals surface area contributed by atoms with Crippen molar-refractivity contribution in [2.75, 3.05) is 5.32 Å². The zero-order chi connectivity index (χ0) is 20.8. The van der Waals surface area contributed by atoms with E-state index < -0.39 is 18.0 Å². The van der Waals surface area contributed by atoms with Gasteiger partial charge in [-0.05, 0) is 37.3 Å². The second-order valence-corrected chi connectivity index (χ2v) is 6.73. The standard InChI is InChI=1S/C20H16Cl2N2O5/c1-12(19(25)24-18-16(22)9-13(21)10-23-18)28-20(26)17-8-7-15(29-17)11-27-14-5-3-2-4-6-14/h2-10,12H,11H2,1H3,(H,23,24,25)/t12-/m1/s1. The largest absolute Gasteiger partial charge is 0.486 e. The Kier molecular flexibility index (Phi) is 6.74. The molecule has 1 aromatic carbocycles. The molecule has 0 radical (unpaired) electrons. The van der Waals surface area contributed by atoms with Crippen molar-refractivity contribution in [3.05, 3.63) is 76.3 Å². The highest BCUT2D eigenvalue weighted by molar-refractivity contribution is 6.36. The molecule has 0 saturated heterocycles. The first-order valence-corrected chi connectivity index (χ1v) is 9.27. The van der Waals surface area contributed by atoms with Crippen LogP contribution in [-0.2, 0) is 16.1 Å². The number of para-hydroxylation sites is 1. The Balaban J connectivity index is 1.54. The molecule has 3 aromatic rings. The lowest BCUT2D eigenvalue weighted by Gasteiger charge is -2.13. The molecule has 1 N–H and O–H groups in total. The monoisotopic (exact) mass is 434 g/mol. The Bertz CT molecular complexity index is 1010. The minimum absolute atomic E-state index is 0.0426. The lowest BCUT2D eigenvalue weighted by atomic mass is 10.3. The van der Waals surface area contributed by atoms with Gasteiger partial charge in [0.2, 0.25) is 5.76 Å². The van der Waals surface area contributed by atoms with Crippen molar-refractivity contribution >= 4 is 40.9 Å². The van der Waals surface area contributed by atoms with E-state index in [2.05, 4.69) is 10.3 Å². The molecule has 0 bridgehead atoms. The molecule has 0 saturated carbocycles. The van der Waals surface area contributed by atoms with Crippen LogP contribution in [0.4, 0.5) is 5.82 Å². The Morgan fingerprint density at radius 3 is 2.66 bits per heavy atom. The molecule has 0 unspecified atom stereocenters. The molecule has 0 aliphatic heterocycles. The molecule has 7 nitrogen and oxygen atoms in total. The molecule has 0 spiro atoms. The van der Waals surface area contributed by atoms with E-state index in [0.29, 0.717) is 16.5 Å². The predicted octanol–water partition coefficient (Wildman–Crippen LogP) is 4.74. The Morgan fingerprint density at radius 2 is 1.93 bits per heavy atom. The van der Waals surface area contributed by atoms with Crippen LogP contribution in [0.1, 0.15) is 23.2 Å². The van der Waals surface area contributed by atoms with E-state index in [-0.39, 0.29) is 23.2 Å². The van der Waals surface area contributed by atoms with Crippen LogP contribution in [0.2, 0.25) is 10.0 Å². The van der Waals surface area contributed by atoms with Crippen LogP contribution in [-0.4, -0.2) is 23.0 Å². The van der Waals surface area contributed by atoms with E-state index in [9.17, 15) is 9.59 Å². The van der Waals surface area contributed by atoms with Crippen LogP contribution in [0.25, 0.3) is 0 Å². The number of ether oxygens (including phenoxy) is 2. The van der Waals surface area contributed by atoms with Crippen molar-refractivity contribution in [2.24, 2.45) is 0 Å². The van der Waals surface area contributed by atoms with Crippen molar-refractivity contribution in [1.82, 2.24) is 4.98 Å². The summed E-state index contributed by atoms with van der Waals surface area (Å²) in [5, 5.41) is 2.97. The zero-order valence-corrected chi connectivity index (χ0v) is 16.7. The number of benzene rings is 1. The summed E-state index contributed by atoms with van der Waals surface area (Å²) in [7, 11) is 0. The fourth-order valence-electron chi connectivity index (χ4n) is 2.23. The van der Waals surface area contributed by atoms with Gasteiger partial charge in [0, 0.05) is 6.20 Å². The van der Waals surface area contributed by atoms with Crippen molar-refractivity contribution in [3.8, 4) is 5.75 Å². The van der Waals surface area contributed by atoms with Crippen LogP contribution < -0.4 is 10.1 Å². The third-order valence-electron chi connectivity index (χ3n) is 3.69. The van der Waals surface area contributed by atoms with Crippen molar-refractivity contribution in [3.63, 3.8) is 0 Å². The van der Waals surface area contributed by atoms with Crippen LogP contribution >= 0.6 is 23.2 Å². The van der Waals surface area contributed by atoms with Gasteiger partial charge in [0.05, 0.1) is 10.0 Å². The second kappa shape index (κ2) is 9.45. The summed E-state index contributed by atoms with van der Waals surface area (Å²) in [6.07, 6.45) is 0.229. The van der Waals surface area contributed by atoms with Gasteiger partial charge in [0.15, 0.2) is 11.9 Å². The molecular formula is C20H16Cl2N2O5. The van der Waals surface area contributed by atoms with E-state index in [0.717, 1.165) is 0 Å². The smallest absolute Gasteiger partial charge is 0.375 e. The molecule has 3 rings (SSSR count). The van der Waals surface area contributed by atoms with E-state index >= 15 is 0 Å². The first-order chi connectivity index (χ1) is 13.9. The number of halogens is 2. The maximum atomic E-state index is 12.2. The summed E-state index contributed by atoms with van der Waals surface area (Å²) in [6.45, 7) is 1.56.